The molecule has 3 N–H and O–H groups in total. The van der Waals surface area contributed by atoms with Crippen LogP contribution in [0.4, 0.5) is 5.69 Å². The normalized spacial score (nSPS) is 12.0. The molecule has 4 nitrogen and oxygen atoms in total. The number of amides is 1. The number of carbonyl (C=O) groups excluding carboxylic acids is 1. The molecule has 5 heteroatoms. The lowest BCUT2D eigenvalue weighted by Crippen LogP contribution is -2.43. The third-order valence-electron chi connectivity index (χ3n) is 3.54. The molecule has 1 rings (SSSR count). The van der Waals surface area contributed by atoms with Crippen LogP contribution in [0.2, 0.25) is 0 Å². The zero-order valence-electron chi connectivity index (χ0n) is 13.2. The zero-order valence-corrected chi connectivity index (χ0v) is 14.0. The van der Waals surface area contributed by atoms with Gasteiger partial charge in [0.15, 0.2) is 0 Å². The van der Waals surface area contributed by atoms with Gasteiger partial charge >= 0.3 is 0 Å². The number of rotatable bonds is 7. The maximum absolute atomic E-state index is 12.1. The summed E-state index contributed by atoms with van der Waals surface area (Å²) < 4.78 is 0. The van der Waals surface area contributed by atoms with Crippen molar-refractivity contribution in [2.75, 3.05) is 18.5 Å². The van der Waals surface area contributed by atoms with Crippen LogP contribution in [0.3, 0.4) is 0 Å². The fourth-order valence-electron chi connectivity index (χ4n) is 1.89. The first-order valence-electron chi connectivity index (χ1n) is 7.23. The van der Waals surface area contributed by atoms with E-state index in [4.69, 9.17) is 18.0 Å². The maximum Gasteiger partial charge on any atom is 0.242 e. The lowest BCUT2D eigenvalue weighted by molar-refractivity contribution is -0.122. The smallest absolute Gasteiger partial charge is 0.242 e. The average molecular weight is 307 g/mol. The number of carbonyl (C=O) groups is 1. The third-order valence-corrected chi connectivity index (χ3v) is 3.78. The number of nitrogens with two attached hydrogens (primary N) is 1. The first kappa shape index (κ1) is 17.4. The van der Waals surface area contributed by atoms with E-state index in [1.54, 1.807) is 0 Å². The Bertz CT molecular complexity index is 485. The molecule has 1 aromatic rings. The molecule has 0 heterocycles. The fraction of sp³-hybridized carbons (Fsp3) is 0.500. The van der Waals surface area contributed by atoms with Crippen molar-refractivity contribution >= 4 is 28.8 Å². The van der Waals surface area contributed by atoms with Gasteiger partial charge in [-0.1, -0.05) is 26.1 Å². The summed E-state index contributed by atoms with van der Waals surface area (Å²) >= 11 is 4.93. The zero-order chi connectivity index (χ0) is 16.0. The van der Waals surface area contributed by atoms with E-state index < -0.39 is 0 Å². The third kappa shape index (κ3) is 5.34. The largest absolute Gasteiger partial charge is 0.389 e. The SMILES string of the molecule is CC(C)CCNC(=O)C(C)N(C)c1ccc(C(N)=S)cc1. The molecule has 0 spiro atoms. The summed E-state index contributed by atoms with van der Waals surface area (Å²) in [6, 6.07) is 7.36. The van der Waals surface area contributed by atoms with E-state index in [0.717, 1.165) is 24.2 Å². The highest BCUT2D eigenvalue weighted by Crippen LogP contribution is 2.16. The standard InChI is InChI=1S/C16H25N3OS/c1-11(2)9-10-18-16(20)12(3)19(4)14-7-5-13(6-8-14)15(17)21/h5-8,11-12H,9-10H2,1-4H3,(H2,17,21)(H,18,20). The van der Waals surface area contributed by atoms with Crippen LogP contribution in [-0.4, -0.2) is 30.5 Å². The van der Waals surface area contributed by atoms with Gasteiger partial charge in [-0.05, 0) is 43.5 Å². The van der Waals surface area contributed by atoms with Crippen molar-refractivity contribution in [3.05, 3.63) is 29.8 Å². The van der Waals surface area contributed by atoms with Gasteiger partial charge in [0.05, 0.1) is 0 Å². The Hall–Kier alpha value is -1.62. The Labute approximate surface area is 132 Å². The molecule has 0 saturated carbocycles. The van der Waals surface area contributed by atoms with Crippen LogP contribution in [0.25, 0.3) is 0 Å². The van der Waals surface area contributed by atoms with Crippen LogP contribution in [0.15, 0.2) is 24.3 Å². The van der Waals surface area contributed by atoms with Crippen molar-refractivity contribution in [3.63, 3.8) is 0 Å². The Morgan fingerprint density at radius 2 is 1.86 bits per heavy atom. The van der Waals surface area contributed by atoms with Gasteiger partial charge in [0, 0.05) is 24.8 Å². The van der Waals surface area contributed by atoms with Crippen molar-refractivity contribution in [2.45, 2.75) is 33.2 Å². The van der Waals surface area contributed by atoms with E-state index in [1.165, 1.54) is 0 Å². The van der Waals surface area contributed by atoms with Crippen LogP contribution in [0, 0.1) is 5.92 Å². The minimum Gasteiger partial charge on any atom is -0.389 e. The van der Waals surface area contributed by atoms with Crippen LogP contribution in [0.1, 0.15) is 32.8 Å². The van der Waals surface area contributed by atoms with Crippen LogP contribution in [-0.2, 0) is 4.79 Å². The van der Waals surface area contributed by atoms with Crippen LogP contribution >= 0.6 is 12.2 Å². The van der Waals surface area contributed by atoms with Crippen molar-refractivity contribution in [2.24, 2.45) is 11.7 Å². The average Bonchev–Trinajstić information content (AvgIpc) is 2.45. The minimum absolute atomic E-state index is 0.0385. The summed E-state index contributed by atoms with van der Waals surface area (Å²) in [5.41, 5.74) is 7.37. The fourth-order valence-corrected chi connectivity index (χ4v) is 2.03. The van der Waals surface area contributed by atoms with E-state index in [2.05, 4.69) is 19.2 Å². The second-order valence-electron chi connectivity index (χ2n) is 5.67. The number of thiocarbonyl (C=S) groups is 1. The van der Waals surface area contributed by atoms with Gasteiger partial charge in [0.2, 0.25) is 5.91 Å². The van der Waals surface area contributed by atoms with Crippen molar-refractivity contribution < 1.29 is 4.79 Å². The van der Waals surface area contributed by atoms with Crippen molar-refractivity contribution in [1.29, 1.82) is 0 Å². The van der Waals surface area contributed by atoms with E-state index >= 15 is 0 Å². The predicted molar refractivity (Wildman–Crippen MR) is 92.7 cm³/mol. The van der Waals surface area contributed by atoms with Gasteiger partial charge in [-0.2, -0.15) is 0 Å². The molecule has 0 aliphatic rings. The summed E-state index contributed by atoms with van der Waals surface area (Å²) in [5, 5.41) is 2.97. The Morgan fingerprint density at radius 3 is 2.33 bits per heavy atom. The number of anilines is 1. The monoisotopic (exact) mass is 307 g/mol. The molecule has 1 atom stereocenters. The van der Waals surface area contributed by atoms with Gasteiger partial charge in [-0.3, -0.25) is 4.79 Å². The summed E-state index contributed by atoms with van der Waals surface area (Å²) in [5.74, 6) is 0.627. The molecule has 0 aliphatic heterocycles. The molecule has 21 heavy (non-hydrogen) atoms. The topological polar surface area (TPSA) is 58.4 Å². The van der Waals surface area contributed by atoms with E-state index in [0.29, 0.717) is 10.9 Å². The summed E-state index contributed by atoms with van der Waals surface area (Å²) in [4.78, 5) is 14.4. The first-order valence-corrected chi connectivity index (χ1v) is 7.64. The molecule has 0 aliphatic carbocycles. The molecule has 0 saturated heterocycles. The summed E-state index contributed by atoms with van der Waals surface area (Å²) in [6.45, 7) is 6.90. The number of nitrogens with zero attached hydrogens (tertiary/aromatic N) is 1. The number of hydrogen-bond acceptors (Lipinski definition) is 3. The molecule has 0 bridgehead atoms. The highest BCUT2D eigenvalue weighted by atomic mass is 32.1. The highest BCUT2D eigenvalue weighted by molar-refractivity contribution is 7.80. The number of hydrogen-bond donors (Lipinski definition) is 2. The molecule has 0 aromatic heterocycles. The highest BCUT2D eigenvalue weighted by Gasteiger charge is 2.18. The van der Waals surface area contributed by atoms with Gasteiger partial charge in [0.1, 0.15) is 11.0 Å². The predicted octanol–water partition coefficient (Wildman–Crippen LogP) is 2.31. The molecule has 0 radical (unpaired) electrons. The lowest BCUT2D eigenvalue weighted by atomic mass is 10.1. The molecule has 1 unspecified atom stereocenters. The van der Waals surface area contributed by atoms with Crippen molar-refractivity contribution in [3.8, 4) is 0 Å². The van der Waals surface area contributed by atoms with E-state index in [-0.39, 0.29) is 11.9 Å². The van der Waals surface area contributed by atoms with E-state index in [9.17, 15) is 4.79 Å². The molecular formula is C16H25N3OS. The Balaban J connectivity index is 2.62. The number of benzene rings is 1. The summed E-state index contributed by atoms with van der Waals surface area (Å²) in [6.07, 6.45) is 0.991. The van der Waals surface area contributed by atoms with E-state index in [1.807, 2.05) is 43.1 Å². The Morgan fingerprint density at radius 1 is 1.29 bits per heavy atom. The second-order valence-corrected chi connectivity index (χ2v) is 6.11. The van der Waals surface area contributed by atoms with Gasteiger partial charge in [-0.15, -0.1) is 0 Å². The quantitative estimate of drug-likeness (QED) is 0.759. The van der Waals surface area contributed by atoms with Crippen LogP contribution < -0.4 is 16.0 Å². The van der Waals surface area contributed by atoms with Gasteiger partial charge in [-0.25, -0.2) is 0 Å². The molecule has 1 amide bonds. The minimum atomic E-state index is -0.229. The maximum atomic E-state index is 12.1. The first-order chi connectivity index (χ1) is 9.82. The Kier molecular flexibility index (Phi) is 6.62. The van der Waals surface area contributed by atoms with Crippen LogP contribution in [0.5, 0.6) is 0 Å². The molecule has 1 aromatic carbocycles. The second kappa shape index (κ2) is 7.98. The molecule has 0 fully saturated rings. The molecular weight excluding hydrogens is 282 g/mol. The number of nitrogens with one attached hydrogen (secondary N) is 1. The summed E-state index contributed by atoms with van der Waals surface area (Å²) in [7, 11) is 1.91. The molecule has 116 valence electrons. The lowest BCUT2D eigenvalue weighted by Gasteiger charge is -2.26. The van der Waals surface area contributed by atoms with Gasteiger partial charge in [0.25, 0.3) is 0 Å². The van der Waals surface area contributed by atoms with Gasteiger partial charge < -0.3 is 16.0 Å². The van der Waals surface area contributed by atoms with Crippen molar-refractivity contribution in [1.82, 2.24) is 5.32 Å². The number of likely N-dealkylation sites (N-methyl/N-ethyl adjacent to an activating group) is 1.